The number of benzene rings is 3. The quantitative estimate of drug-likeness (QED) is 0.270. The van der Waals surface area contributed by atoms with Crippen molar-refractivity contribution in [2.45, 2.75) is 64.1 Å². The molecule has 0 saturated carbocycles. The van der Waals surface area contributed by atoms with Crippen LogP contribution in [-0.2, 0) is 26.2 Å². The molecule has 3 rings (SSSR count). The van der Waals surface area contributed by atoms with Crippen molar-refractivity contribution in [1.29, 1.82) is 0 Å². The molecule has 1 N–H and O–H groups in total. The van der Waals surface area contributed by atoms with E-state index in [0.717, 1.165) is 15.4 Å². The molecule has 0 fully saturated rings. The summed E-state index contributed by atoms with van der Waals surface area (Å²) in [6.45, 7) is 8.64. The number of halogens is 2. The second-order valence-corrected chi connectivity index (χ2v) is 13.7. The van der Waals surface area contributed by atoms with E-state index in [1.54, 1.807) is 49.4 Å². The fourth-order valence-electron chi connectivity index (χ4n) is 4.37. The van der Waals surface area contributed by atoms with Crippen molar-refractivity contribution in [2.24, 2.45) is 0 Å². The minimum atomic E-state index is -4.28. The molecule has 1 atom stereocenters. The zero-order valence-corrected chi connectivity index (χ0v) is 27.0. The maximum Gasteiger partial charge on any atom is 0.264 e. The van der Waals surface area contributed by atoms with E-state index in [-0.39, 0.29) is 33.8 Å². The average Bonchev–Trinajstić information content (AvgIpc) is 2.91. The zero-order valence-electron chi connectivity index (χ0n) is 24.6. The minimum absolute atomic E-state index is 0.00954. The number of sulfonamides is 1. The summed E-state index contributed by atoms with van der Waals surface area (Å²) >= 11 is 12.4. The Hall–Kier alpha value is -3.27. The van der Waals surface area contributed by atoms with Gasteiger partial charge in [-0.2, -0.15) is 0 Å². The Bertz CT molecular complexity index is 1510. The first-order valence-electron chi connectivity index (χ1n) is 13.4. The normalized spacial score (nSPS) is 12.4. The first-order valence-corrected chi connectivity index (χ1v) is 15.6. The summed E-state index contributed by atoms with van der Waals surface area (Å²) in [4.78, 5) is 29.1. The third-order valence-electron chi connectivity index (χ3n) is 6.45. The number of hydrogen-bond donors (Lipinski definition) is 1. The van der Waals surface area contributed by atoms with Crippen LogP contribution in [0.15, 0.2) is 71.6 Å². The van der Waals surface area contributed by atoms with Crippen molar-refractivity contribution in [2.75, 3.05) is 18.0 Å². The number of anilines is 1. The van der Waals surface area contributed by atoms with Crippen molar-refractivity contribution >= 4 is 50.7 Å². The Labute approximate surface area is 258 Å². The van der Waals surface area contributed by atoms with Crippen LogP contribution in [0.25, 0.3) is 0 Å². The number of methoxy groups -OCH3 is 1. The van der Waals surface area contributed by atoms with Crippen molar-refractivity contribution in [3.05, 3.63) is 87.9 Å². The largest absolute Gasteiger partial charge is 0.495 e. The number of aryl methyl sites for hydroxylation is 1. The first kappa shape index (κ1) is 33.2. The standard InChI is InChI=1S/C31H37Cl2N3O5S/c1-7-26(30(38)34-31(3,4)5)35(19-22-10-12-23(32)13-11-22)29(37)20-36(27-18-24(33)14-17-28(27)41-6)42(39,40)25-15-8-21(2)9-16-25/h8-18,26H,7,19-20H2,1-6H3,(H,34,38)/t26-/m1/s1. The number of carbonyl (C=O) groups excluding carboxylic acids is 2. The molecule has 0 radical (unpaired) electrons. The van der Waals surface area contributed by atoms with Gasteiger partial charge in [-0.3, -0.25) is 13.9 Å². The van der Waals surface area contributed by atoms with Crippen LogP contribution >= 0.6 is 23.2 Å². The van der Waals surface area contributed by atoms with Gasteiger partial charge >= 0.3 is 0 Å². The molecule has 8 nitrogen and oxygen atoms in total. The monoisotopic (exact) mass is 633 g/mol. The van der Waals surface area contributed by atoms with E-state index in [4.69, 9.17) is 27.9 Å². The van der Waals surface area contributed by atoms with Gasteiger partial charge in [0.1, 0.15) is 18.3 Å². The Balaban J connectivity index is 2.14. The number of ether oxygens (including phenoxy) is 1. The molecule has 42 heavy (non-hydrogen) atoms. The van der Waals surface area contributed by atoms with Crippen LogP contribution in [0.5, 0.6) is 5.75 Å². The molecule has 0 spiro atoms. The minimum Gasteiger partial charge on any atom is -0.495 e. The van der Waals surface area contributed by atoms with Crippen LogP contribution in [0.2, 0.25) is 10.0 Å². The Morgan fingerprint density at radius 3 is 2.10 bits per heavy atom. The van der Waals surface area contributed by atoms with Gasteiger partial charge in [0, 0.05) is 22.1 Å². The summed E-state index contributed by atoms with van der Waals surface area (Å²) < 4.78 is 34.7. The van der Waals surface area contributed by atoms with Crippen molar-refractivity contribution < 1.29 is 22.7 Å². The summed E-state index contributed by atoms with van der Waals surface area (Å²) in [6, 6.07) is 16.9. The van der Waals surface area contributed by atoms with Crippen molar-refractivity contribution in [1.82, 2.24) is 10.2 Å². The fourth-order valence-corrected chi connectivity index (χ4v) is 6.08. The zero-order chi connectivity index (χ0) is 31.2. The summed E-state index contributed by atoms with van der Waals surface area (Å²) in [7, 11) is -2.87. The molecule has 3 aromatic rings. The number of carbonyl (C=O) groups is 2. The van der Waals surface area contributed by atoms with Gasteiger partial charge in [0.25, 0.3) is 10.0 Å². The lowest BCUT2D eigenvalue weighted by Gasteiger charge is -2.35. The van der Waals surface area contributed by atoms with E-state index < -0.39 is 34.1 Å². The maximum absolute atomic E-state index is 14.2. The molecule has 226 valence electrons. The molecule has 2 amide bonds. The molecule has 0 aliphatic carbocycles. The molecule has 0 aromatic heterocycles. The van der Waals surface area contributed by atoms with E-state index >= 15 is 0 Å². The lowest BCUT2D eigenvalue weighted by molar-refractivity contribution is -0.141. The molecule has 0 heterocycles. The summed E-state index contributed by atoms with van der Waals surface area (Å²) in [5, 5.41) is 3.74. The summed E-state index contributed by atoms with van der Waals surface area (Å²) in [5.41, 5.74) is 1.15. The predicted octanol–water partition coefficient (Wildman–Crippen LogP) is 6.23. The molecule has 0 unspecified atom stereocenters. The van der Waals surface area contributed by atoms with Crippen LogP contribution in [-0.4, -0.2) is 50.4 Å². The molecular weight excluding hydrogens is 597 g/mol. The van der Waals surface area contributed by atoms with Gasteiger partial charge in [-0.25, -0.2) is 8.42 Å². The second-order valence-electron chi connectivity index (χ2n) is 11.0. The highest BCUT2D eigenvalue weighted by atomic mass is 35.5. The van der Waals surface area contributed by atoms with E-state index in [9.17, 15) is 18.0 Å². The van der Waals surface area contributed by atoms with E-state index in [2.05, 4.69) is 5.32 Å². The van der Waals surface area contributed by atoms with Gasteiger partial charge in [0.15, 0.2) is 0 Å². The second kappa shape index (κ2) is 13.8. The number of nitrogens with zero attached hydrogens (tertiary/aromatic N) is 2. The van der Waals surface area contributed by atoms with Gasteiger partial charge in [0.2, 0.25) is 11.8 Å². The van der Waals surface area contributed by atoms with Gasteiger partial charge in [-0.15, -0.1) is 0 Å². The molecular formula is C31H37Cl2N3O5S. The van der Waals surface area contributed by atoms with Crippen molar-refractivity contribution in [3.63, 3.8) is 0 Å². The Kier molecular flexibility index (Phi) is 10.9. The molecule has 11 heteroatoms. The van der Waals surface area contributed by atoms with Crippen LogP contribution in [0.3, 0.4) is 0 Å². The van der Waals surface area contributed by atoms with Gasteiger partial charge in [-0.1, -0.05) is 60.0 Å². The van der Waals surface area contributed by atoms with Gasteiger partial charge < -0.3 is 15.0 Å². The van der Waals surface area contributed by atoms with Gasteiger partial charge in [0.05, 0.1) is 17.7 Å². The predicted molar refractivity (Wildman–Crippen MR) is 168 cm³/mol. The highest BCUT2D eigenvalue weighted by Crippen LogP contribution is 2.35. The summed E-state index contributed by atoms with van der Waals surface area (Å²) in [5.74, 6) is -0.719. The number of rotatable bonds is 11. The summed E-state index contributed by atoms with van der Waals surface area (Å²) in [6.07, 6.45) is 0.298. The van der Waals surface area contributed by atoms with Crippen LogP contribution < -0.4 is 14.4 Å². The highest BCUT2D eigenvalue weighted by molar-refractivity contribution is 7.92. The Morgan fingerprint density at radius 1 is 0.952 bits per heavy atom. The molecule has 3 aromatic carbocycles. The molecule has 0 saturated heterocycles. The highest BCUT2D eigenvalue weighted by Gasteiger charge is 2.35. The maximum atomic E-state index is 14.2. The third-order valence-corrected chi connectivity index (χ3v) is 8.71. The lowest BCUT2D eigenvalue weighted by atomic mass is 10.1. The van der Waals surface area contributed by atoms with Crippen LogP contribution in [0.4, 0.5) is 5.69 Å². The van der Waals surface area contributed by atoms with E-state index in [1.165, 1.54) is 36.3 Å². The molecule has 0 bridgehead atoms. The smallest absolute Gasteiger partial charge is 0.264 e. The average molecular weight is 635 g/mol. The topological polar surface area (TPSA) is 96.0 Å². The SMILES string of the molecule is CC[C@H](C(=O)NC(C)(C)C)N(Cc1ccc(Cl)cc1)C(=O)CN(c1cc(Cl)ccc1OC)S(=O)(=O)c1ccc(C)cc1. The number of nitrogens with one attached hydrogen (secondary N) is 1. The van der Waals surface area contributed by atoms with E-state index in [1.807, 2.05) is 27.7 Å². The lowest BCUT2D eigenvalue weighted by Crippen LogP contribution is -2.55. The van der Waals surface area contributed by atoms with Crippen molar-refractivity contribution in [3.8, 4) is 5.75 Å². The van der Waals surface area contributed by atoms with E-state index in [0.29, 0.717) is 11.4 Å². The fraction of sp³-hybridized carbons (Fsp3) is 0.355. The van der Waals surface area contributed by atoms with Crippen LogP contribution in [0.1, 0.15) is 45.2 Å². The first-order chi connectivity index (χ1) is 19.7. The Morgan fingerprint density at radius 2 is 1.55 bits per heavy atom. The molecule has 0 aliphatic heterocycles. The van der Waals surface area contributed by atoms with Gasteiger partial charge in [-0.05, 0) is 82.1 Å². The number of amides is 2. The number of hydrogen-bond acceptors (Lipinski definition) is 5. The van der Waals surface area contributed by atoms with Crippen LogP contribution in [0, 0.1) is 6.92 Å². The molecule has 0 aliphatic rings. The third kappa shape index (κ3) is 8.40.